The number of carbonyl (C=O) groups excluding carboxylic acids is 2. The van der Waals surface area contributed by atoms with E-state index in [0.717, 1.165) is 40.3 Å². The van der Waals surface area contributed by atoms with E-state index in [2.05, 4.69) is 12.2 Å². The second-order valence-electron chi connectivity index (χ2n) is 7.26. The molecule has 1 aromatic heterocycles. The number of anilines is 2. The standard InChI is InChI=1S/C24H24N2O3S/c1-2-3-4-7-13-26-20-11-10-18(25-23(27)17-12-14-29-16-17)15-22(20)30-21-9-6-5-8-19(21)24(26)28/h5-6,8-12,14-16H,2-4,7,13H2,1H3,(H,25,27). The molecule has 2 heterocycles. The van der Waals surface area contributed by atoms with Gasteiger partial charge in [-0.2, -0.15) is 0 Å². The fraction of sp³-hybridized carbons (Fsp3) is 0.250. The highest BCUT2D eigenvalue weighted by molar-refractivity contribution is 7.99. The first-order valence-corrected chi connectivity index (χ1v) is 11.1. The minimum Gasteiger partial charge on any atom is -0.472 e. The molecule has 4 rings (SSSR count). The first-order valence-electron chi connectivity index (χ1n) is 10.2. The summed E-state index contributed by atoms with van der Waals surface area (Å²) in [5.74, 6) is -0.196. The van der Waals surface area contributed by atoms with Gasteiger partial charge < -0.3 is 14.6 Å². The van der Waals surface area contributed by atoms with Gasteiger partial charge in [-0.15, -0.1) is 0 Å². The van der Waals surface area contributed by atoms with Gasteiger partial charge in [-0.1, -0.05) is 50.1 Å². The molecule has 0 spiro atoms. The SMILES string of the molecule is CCCCCCN1C(=O)c2ccccc2Sc2cc(NC(=O)c3ccoc3)ccc21. The number of hydrogen-bond acceptors (Lipinski definition) is 4. The molecule has 0 bridgehead atoms. The Morgan fingerprint density at radius 1 is 1.07 bits per heavy atom. The Morgan fingerprint density at radius 2 is 1.93 bits per heavy atom. The summed E-state index contributed by atoms with van der Waals surface area (Å²) in [5.41, 5.74) is 2.76. The zero-order valence-electron chi connectivity index (χ0n) is 16.9. The Kier molecular flexibility index (Phi) is 6.23. The monoisotopic (exact) mass is 420 g/mol. The molecule has 30 heavy (non-hydrogen) atoms. The molecule has 0 atom stereocenters. The zero-order chi connectivity index (χ0) is 20.9. The molecule has 1 N–H and O–H groups in total. The van der Waals surface area contributed by atoms with Crippen LogP contribution in [-0.2, 0) is 0 Å². The number of unbranched alkanes of at least 4 members (excludes halogenated alkanes) is 3. The fourth-order valence-corrected chi connectivity index (χ4v) is 4.64. The predicted octanol–water partition coefficient (Wildman–Crippen LogP) is 6.22. The van der Waals surface area contributed by atoms with E-state index in [4.69, 9.17) is 4.42 Å². The quantitative estimate of drug-likeness (QED) is 0.461. The molecular formula is C24H24N2O3S. The largest absolute Gasteiger partial charge is 0.472 e. The van der Waals surface area contributed by atoms with Gasteiger partial charge in [-0.25, -0.2) is 0 Å². The molecule has 6 heteroatoms. The summed E-state index contributed by atoms with van der Waals surface area (Å²) in [4.78, 5) is 29.5. The van der Waals surface area contributed by atoms with Crippen LogP contribution in [0.1, 0.15) is 53.3 Å². The maximum Gasteiger partial charge on any atom is 0.259 e. The lowest BCUT2D eigenvalue weighted by atomic mass is 10.1. The van der Waals surface area contributed by atoms with Crippen molar-refractivity contribution in [2.24, 2.45) is 0 Å². The third kappa shape index (κ3) is 4.28. The first kappa shape index (κ1) is 20.3. The number of hydrogen-bond donors (Lipinski definition) is 1. The Morgan fingerprint density at radius 3 is 2.73 bits per heavy atom. The lowest BCUT2D eigenvalue weighted by Crippen LogP contribution is -2.31. The first-order chi connectivity index (χ1) is 14.7. The molecule has 0 saturated carbocycles. The van der Waals surface area contributed by atoms with Crippen molar-refractivity contribution in [3.05, 3.63) is 72.2 Å². The van der Waals surface area contributed by atoms with Crippen molar-refractivity contribution in [3.8, 4) is 0 Å². The Hall–Kier alpha value is -2.99. The predicted molar refractivity (Wildman–Crippen MR) is 119 cm³/mol. The van der Waals surface area contributed by atoms with E-state index in [9.17, 15) is 9.59 Å². The van der Waals surface area contributed by atoms with E-state index >= 15 is 0 Å². The lowest BCUT2D eigenvalue weighted by molar-refractivity contribution is 0.0982. The van der Waals surface area contributed by atoms with Crippen molar-refractivity contribution in [1.82, 2.24) is 0 Å². The van der Waals surface area contributed by atoms with Crippen LogP contribution in [-0.4, -0.2) is 18.4 Å². The Labute approximate surface area is 180 Å². The molecule has 3 aromatic rings. The van der Waals surface area contributed by atoms with Gasteiger partial charge in [0.05, 0.1) is 23.1 Å². The van der Waals surface area contributed by atoms with E-state index in [1.165, 1.54) is 18.9 Å². The molecule has 5 nitrogen and oxygen atoms in total. The number of rotatable bonds is 7. The minimum atomic E-state index is -0.227. The fourth-order valence-electron chi connectivity index (χ4n) is 3.52. The average Bonchev–Trinajstić information content (AvgIpc) is 3.26. The summed E-state index contributed by atoms with van der Waals surface area (Å²) in [6.45, 7) is 2.86. The van der Waals surface area contributed by atoms with Gasteiger partial charge in [0.1, 0.15) is 6.26 Å². The van der Waals surface area contributed by atoms with Crippen molar-refractivity contribution in [3.63, 3.8) is 0 Å². The summed E-state index contributed by atoms with van der Waals surface area (Å²) in [6.07, 6.45) is 7.28. The summed E-state index contributed by atoms with van der Waals surface area (Å²) in [5, 5.41) is 2.91. The van der Waals surface area contributed by atoms with Crippen molar-refractivity contribution in [1.29, 1.82) is 0 Å². The number of nitrogens with zero attached hydrogens (tertiary/aromatic N) is 1. The van der Waals surface area contributed by atoms with Crippen molar-refractivity contribution >= 4 is 35.0 Å². The molecule has 154 valence electrons. The third-order valence-corrected chi connectivity index (χ3v) is 6.23. The molecule has 0 aliphatic carbocycles. The third-order valence-electron chi connectivity index (χ3n) is 5.11. The molecule has 1 aliphatic heterocycles. The summed E-state index contributed by atoms with van der Waals surface area (Å²) in [7, 11) is 0. The number of carbonyl (C=O) groups is 2. The van der Waals surface area contributed by atoms with Gasteiger partial charge in [0.25, 0.3) is 11.8 Å². The van der Waals surface area contributed by atoms with Crippen LogP contribution in [0.15, 0.2) is 75.3 Å². The Bertz CT molecular complexity index is 1050. The Balaban J connectivity index is 1.65. The van der Waals surface area contributed by atoms with Crippen LogP contribution < -0.4 is 10.2 Å². The van der Waals surface area contributed by atoms with E-state index in [1.807, 2.05) is 47.4 Å². The number of nitrogens with one attached hydrogen (secondary N) is 1. The van der Waals surface area contributed by atoms with Crippen LogP contribution in [0, 0.1) is 0 Å². The van der Waals surface area contributed by atoms with E-state index in [0.29, 0.717) is 17.8 Å². The van der Waals surface area contributed by atoms with Crippen LogP contribution in [0.2, 0.25) is 0 Å². The highest BCUT2D eigenvalue weighted by Crippen LogP contribution is 2.42. The van der Waals surface area contributed by atoms with E-state index in [-0.39, 0.29) is 11.8 Å². The molecule has 0 unspecified atom stereocenters. The molecule has 2 aromatic carbocycles. The smallest absolute Gasteiger partial charge is 0.259 e. The number of furan rings is 1. The van der Waals surface area contributed by atoms with Crippen LogP contribution in [0.3, 0.4) is 0 Å². The molecule has 2 amide bonds. The van der Waals surface area contributed by atoms with Gasteiger partial charge in [0, 0.05) is 22.0 Å². The zero-order valence-corrected chi connectivity index (χ0v) is 17.7. The van der Waals surface area contributed by atoms with Crippen LogP contribution in [0.25, 0.3) is 0 Å². The normalized spacial score (nSPS) is 12.8. The second kappa shape index (κ2) is 9.22. The van der Waals surface area contributed by atoms with E-state index in [1.54, 1.807) is 17.8 Å². The van der Waals surface area contributed by atoms with Crippen molar-refractivity contribution in [2.45, 2.75) is 42.4 Å². The van der Waals surface area contributed by atoms with Crippen molar-refractivity contribution in [2.75, 3.05) is 16.8 Å². The number of benzene rings is 2. The van der Waals surface area contributed by atoms with Gasteiger partial charge in [-0.3, -0.25) is 9.59 Å². The van der Waals surface area contributed by atoms with Gasteiger partial charge in [-0.05, 0) is 42.8 Å². The lowest BCUT2D eigenvalue weighted by Gasteiger charge is -2.23. The summed E-state index contributed by atoms with van der Waals surface area (Å²) in [6, 6.07) is 15.0. The van der Waals surface area contributed by atoms with Gasteiger partial charge >= 0.3 is 0 Å². The average molecular weight is 421 g/mol. The maximum absolute atomic E-state index is 13.3. The van der Waals surface area contributed by atoms with Crippen LogP contribution in [0.4, 0.5) is 11.4 Å². The summed E-state index contributed by atoms with van der Waals surface area (Å²) >= 11 is 1.56. The van der Waals surface area contributed by atoms with Crippen molar-refractivity contribution < 1.29 is 14.0 Å². The highest BCUT2D eigenvalue weighted by Gasteiger charge is 2.27. The van der Waals surface area contributed by atoms with E-state index < -0.39 is 0 Å². The molecule has 0 saturated heterocycles. The highest BCUT2D eigenvalue weighted by atomic mass is 32.2. The van der Waals surface area contributed by atoms with Crippen LogP contribution in [0.5, 0.6) is 0 Å². The molecule has 0 radical (unpaired) electrons. The second-order valence-corrected chi connectivity index (χ2v) is 8.35. The van der Waals surface area contributed by atoms with Crippen LogP contribution >= 0.6 is 11.8 Å². The summed E-state index contributed by atoms with van der Waals surface area (Å²) < 4.78 is 4.99. The molecule has 0 fully saturated rings. The molecular weight excluding hydrogens is 396 g/mol. The number of amides is 2. The maximum atomic E-state index is 13.3. The van der Waals surface area contributed by atoms with Gasteiger partial charge in [0.15, 0.2) is 0 Å². The van der Waals surface area contributed by atoms with Gasteiger partial charge in [0.2, 0.25) is 0 Å². The topological polar surface area (TPSA) is 62.6 Å². The minimum absolute atomic E-state index is 0.0310. The molecule has 1 aliphatic rings. The number of fused-ring (bicyclic) bond motifs is 2.